The number of halogens is 3. The van der Waals surface area contributed by atoms with E-state index in [0.717, 1.165) is 0 Å². The zero-order valence-corrected chi connectivity index (χ0v) is 10.2. The number of hydrogen-bond donors (Lipinski definition) is 1. The molecular formula is C8H12BF3NNa. The van der Waals surface area contributed by atoms with Gasteiger partial charge in [-0.2, -0.15) is 0 Å². The maximum Gasteiger partial charge on any atom is 1.00 e. The van der Waals surface area contributed by atoms with Crippen LogP contribution in [0.2, 0.25) is 6.32 Å². The van der Waals surface area contributed by atoms with Crippen LogP contribution < -0.4 is 40.0 Å². The summed E-state index contributed by atoms with van der Waals surface area (Å²) in [7, 11) is -2.25. The molecule has 0 heterocycles. The molecule has 1 aliphatic carbocycles. The van der Waals surface area contributed by atoms with E-state index in [1.54, 1.807) is 6.08 Å². The van der Waals surface area contributed by atoms with Gasteiger partial charge in [0, 0.05) is 5.54 Å². The summed E-state index contributed by atoms with van der Waals surface area (Å²) in [5.74, 6) is 0. The number of hydrogen-bond acceptors (Lipinski definition) is 1. The second-order valence-electron chi connectivity index (χ2n) is 3.15. The van der Waals surface area contributed by atoms with Gasteiger partial charge in [-0.25, -0.2) is 0 Å². The van der Waals surface area contributed by atoms with Crippen molar-refractivity contribution in [2.45, 2.75) is 24.7 Å². The summed E-state index contributed by atoms with van der Waals surface area (Å²) in [6, 6.07) is 0. The molecule has 0 radical (unpaired) electrons. The van der Waals surface area contributed by atoms with E-state index in [0.29, 0.717) is 12.8 Å². The van der Waals surface area contributed by atoms with Crippen molar-refractivity contribution in [2.75, 3.05) is 0 Å². The second-order valence-corrected chi connectivity index (χ2v) is 3.15. The Bertz CT molecular complexity index is 211. The minimum absolute atomic E-state index is 0. The molecule has 0 aromatic heterocycles. The fourth-order valence-electron chi connectivity index (χ4n) is 1.24. The van der Waals surface area contributed by atoms with E-state index in [1.165, 1.54) is 0 Å². The van der Waals surface area contributed by atoms with E-state index in [1.807, 2.05) is 18.2 Å². The quantitative estimate of drug-likeness (QED) is 0.475. The van der Waals surface area contributed by atoms with Gasteiger partial charge in [0.15, 0.2) is 0 Å². The first-order valence-corrected chi connectivity index (χ1v) is 4.04. The van der Waals surface area contributed by atoms with Crippen LogP contribution in [0, 0.1) is 0 Å². The molecule has 0 aromatic rings. The molecule has 1 unspecified atom stereocenters. The third kappa shape index (κ3) is 5.91. The van der Waals surface area contributed by atoms with E-state index >= 15 is 0 Å². The second kappa shape index (κ2) is 7.57. The molecule has 0 saturated carbocycles. The number of nitrogens with two attached hydrogens (primary N) is 1. The van der Waals surface area contributed by atoms with E-state index in [-0.39, 0.29) is 40.6 Å². The van der Waals surface area contributed by atoms with Gasteiger partial charge in [-0.1, -0.05) is 24.3 Å². The van der Waals surface area contributed by atoms with Crippen molar-refractivity contribution >= 4 is 7.27 Å². The maximum absolute atomic E-state index is 11.9. The zero-order chi connectivity index (χ0) is 9.03. The fourth-order valence-corrected chi connectivity index (χ4v) is 1.24. The molecule has 74 valence electrons. The van der Waals surface area contributed by atoms with Crippen LogP contribution in [-0.2, 0) is 0 Å². The summed E-state index contributed by atoms with van der Waals surface area (Å²) in [4.78, 5) is 0. The first-order chi connectivity index (χ1) is 5.62. The van der Waals surface area contributed by atoms with Gasteiger partial charge in [0.25, 0.3) is 0 Å². The minimum Gasteiger partial charge on any atom is -1.00 e. The molecule has 0 spiro atoms. The summed E-state index contributed by atoms with van der Waals surface area (Å²) in [5, 5.41) is 0. The van der Waals surface area contributed by atoms with Crippen molar-refractivity contribution in [2.24, 2.45) is 5.73 Å². The average molecular weight is 213 g/mol. The van der Waals surface area contributed by atoms with E-state index in [2.05, 4.69) is 0 Å². The Balaban J connectivity index is 0. The van der Waals surface area contributed by atoms with Crippen molar-refractivity contribution in [1.82, 2.24) is 0 Å². The van der Waals surface area contributed by atoms with Crippen molar-refractivity contribution in [1.29, 1.82) is 0 Å². The predicted molar refractivity (Wildman–Crippen MR) is 47.2 cm³/mol. The molecule has 1 atom stereocenters. The van der Waals surface area contributed by atoms with Crippen LogP contribution in [0.1, 0.15) is 12.8 Å². The predicted octanol–water partition coefficient (Wildman–Crippen LogP) is -3.97. The van der Waals surface area contributed by atoms with Gasteiger partial charge in [0.1, 0.15) is 0 Å². The molecule has 1 nitrogen and oxygen atoms in total. The van der Waals surface area contributed by atoms with Crippen LogP contribution in [0.5, 0.6) is 0 Å². The molecule has 2 N–H and O–H groups in total. The molecule has 0 aromatic carbocycles. The van der Waals surface area contributed by atoms with Crippen LogP contribution in [0.3, 0.4) is 0 Å². The Morgan fingerprint density at radius 2 is 2.00 bits per heavy atom. The van der Waals surface area contributed by atoms with Crippen LogP contribution in [-0.4, -0.2) is 12.8 Å². The normalized spacial score (nSPS) is 23.6. The molecule has 0 aliphatic heterocycles. The van der Waals surface area contributed by atoms with Crippen molar-refractivity contribution < 1.29 is 42.9 Å². The number of allylic oxidation sites excluding steroid dienone is 2. The average Bonchev–Trinajstić information content (AvgIpc) is 2.03. The molecule has 0 saturated heterocycles. The summed E-state index contributed by atoms with van der Waals surface area (Å²) < 4.78 is 23.7. The Kier molecular flexibility index (Phi) is 9.04. The monoisotopic (exact) mass is 213 g/mol. The molecule has 14 heavy (non-hydrogen) atoms. The van der Waals surface area contributed by atoms with Crippen molar-refractivity contribution in [3.8, 4) is 0 Å². The summed E-state index contributed by atoms with van der Waals surface area (Å²) in [6.45, 7) is 0. The van der Waals surface area contributed by atoms with E-state index in [4.69, 9.17) is 5.73 Å². The van der Waals surface area contributed by atoms with Gasteiger partial charge in [0.2, 0.25) is 0 Å². The van der Waals surface area contributed by atoms with Crippen LogP contribution in [0.4, 0.5) is 8.63 Å². The molecule has 1 aliphatic rings. The Labute approximate surface area is 105 Å². The number of rotatable bonds is 3. The first kappa shape index (κ1) is 16.7. The molecule has 0 amide bonds. The standard InChI is InChI=1S/C8H12BF2N.FH.Na/c10-9(11)7-6-8(12)4-2-1-3-5-8;;/h1-4H,5-7,12H2;1H;/q;;+1/p-1. The fraction of sp³-hybridized carbons (Fsp3) is 0.500. The van der Waals surface area contributed by atoms with Gasteiger partial charge in [-0.05, 0) is 19.2 Å². The summed E-state index contributed by atoms with van der Waals surface area (Å²) in [5.41, 5.74) is 5.30. The van der Waals surface area contributed by atoms with Gasteiger partial charge >= 0.3 is 36.8 Å². The third-order valence-electron chi connectivity index (χ3n) is 2.00. The Hall–Kier alpha value is 0.295. The molecular weight excluding hydrogens is 201 g/mol. The topological polar surface area (TPSA) is 26.0 Å². The van der Waals surface area contributed by atoms with Crippen molar-refractivity contribution in [3.63, 3.8) is 0 Å². The molecule has 0 bridgehead atoms. The van der Waals surface area contributed by atoms with Crippen LogP contribution >= 0.6 is 0 Å². The van der Waals surface area contributed by atoms with E-state index in [9.17, 15) is 8.63 Å². The third-order valence-corrected chi connectivity index (χ3v) is 2.00. The van der Waals surface area contributed by atoms with Gasteiger partial charge in [-0.15, -0.1) is 0 Å². The minimum atomic E-state index is -2.25. The van der Waals surface area contributed by atoms with Crippen molar-refractivity contribution in [3.05, 3.63) is 24.3 Å². The van der Waals surface area contributed by atoms with E-state index < -0.39 is 12.8 Å². The Morgan fingerprint density at radius 3 is 2.43 bits per heavy atom. The Morgan fingerprint density at radius 1 is 1.36 bits per heavy atom. The van der Waals surface area contributed by atoms with Gasteiger partial charge < -0.3 is 10.4 Å². The van der Waals surface area contributed by atoms with Crippen LogP contribution in [0.15, 0.2) is 24.3 Å². The summed E-state index contributed by atoms with van der Waals surface area (Å²) in [6.07, 6.45) is 8.31. The summed E-state index contributed by atoms with van der Waals surface area (Å²) >= 11 is 0. The first-order valence-electron chi connectivity index (χ1n) is 4.04. The largest absolute Gasteiger partial charge is 1.00 e. The van der Waals surface area contributed by atoms with Crippen LogP contribution in [0.25, 0.3) is 0 Å². The van der Waals surface area contributed by atoms with Gasteiger partial charge in [0.05, 0.1) is 0 Å². The SMILES string of the molecule is NC1(CCB(F)F)C=CC=CC1.[F-].[Na+]. The maximum atomic E-state index is 11.9. The molecule has 0 fully saturated rings. The molecule has 6 heteroatoms. The zero-order valence-electron chi connectivity index (χ0n) is 8.22. The molecule has 1 rings (SSSR count). The smallest absolute Gasteiger partial charge is 1.00 e. The van der Waals surface area contributed by atoms with Gasteiger partial charge in [-0.3, -0.25) is 8.63 Å².